The van der Waals surface area contributed by atoms with Crippen molar-refractivity contribution in [1.82, 2.24) is 9.88 Å². The van der Waals surface area contributed by atoms with Crippen molar-refractivity contribution in [3.8, 4) is 5.75 Å². The Hall–Kier alpha value is -2.76. The summed E-state index contributed by atoms with van der Waals surface area (Å²) in [4.78, 5) is 24.2. The SMILES string of the molecule is COc1ccc(N2CCN(C(=O)c3ccnc(N4CCCCCC4)c3)CC2)cc1. The Bertz CT molecular complexity index is 808. The Morgan fingerprint density at radius 1 is 0.862 bits per heavy atom. The van der Waals surface area contributed by atoms with Crippen LogP contribution in [0.25, 0.3) is 0 Å². The Morgan fingerprint density at radius 3 is 2.21 bits per heavy atom. The Kier molecular flexibility index (Phi) is 6.17. The summed E-state index contributed by atoms with van der Waals surface area (Å²) in [5.74, 6) is 1.91. The number of piperazine rings is 1. The molecule has 0 unspecified atom stereocenters. The van der Waals surface area contributed by atoms with Crippen molar-refractivity contribution in [2.24, 2.45) is 0 Å². The van der Waals surface area contributed by atoms with Crippen LogP contribution in [0.2, 0.25) is 0 Å². The highest BCUT2D eigenvalue weighted by Crippen LogP contribution is 2.22. The molecule has 2 aliphatic heterocycles. The summed E-state index contributed by atoms with van der Waals surface area (Å²) >= 11 is 0. The molecule has 0 radical (unpaired) electrons. The third kappa shape index (κ3) is 4.63. The van der Waals surface area contributed by atoms with E-state index >= 15 is 0 Å². The fourth-order valence-corrected chi connectivity index (χ4v) is 4.17. The number of benzene rings is 1. The number of aromatic nitrogens is 1. The zero-order chi connectivity index (χ0) is 20.1. The highest BCUT2D eigenvalue weighted by atomic mass is 16.5. The van der Waals surface area contributed by atoms with E-state index in [0.29, 0.717) is 0 Å². The van der Waals surface area contributed by atoms with Crippen molar-refractivity contribution in [3.05, 3.63) is 48.2 Å². The van der Waals surface area contributed by atoms with Gasteiger partial charge in [0.05, 0.1) is 7.11 Å². The van der Waals surface area contributed by atoms with Crippen molar-refractivity contribution in [1.29, 1.82) is 0 Å². The molecule has 0 bridgehead atoms. The summed E-state index contributed by atoms with van der Waals surface area (Å²) in [5.41, 5.74) is 1.92. The van der Waals surface area contributed by atoms with E-state index in [1.54, 1.807) is 13.3 Å². The molecule has 3 heterocycles. The monoisotopic (exact) mass is 394 g/mol. The van der Waals surface area contributed by atoms with Crippen LogP contribution in [0.15, 0.2) is 42.6 Å². The number of methoxy groups -OCH3 is 1. The molecule has 6 nitrogen and oxygen atoms in total. The second-order valence-corrected chi connectivity index (χ2v) is 7.78. The van der Waals surface area contributed by atoms with Gasteiger partial charge in [-0.3, -0.25) is 4.79 Å². The van der Waals surface area contributed by atoms with Crippen LogP contribution >= 0.6 is 0 Å². The normalized spacial score (nSPS) is 17.8. The Labute approximate surface area is 173 Å². The number of hydrogen-bond acceptors (Lipinski definition) is 5. The number of amides is 1. The van der Waals surface area contributed by atoms with E-state index in [4.69, 9.17) is 4.74 Å². The molecular weight excluding hydrogens is 364 g/mol. The van der Waals surface area contributed by atoms with Crippen molar-refractivity contribution in [3.63, 3.8) is 0 Å². The molecule has 0 aliphatic carbocycles. The quantitative estimate of drug-likeness (QED) is 0.795. The van der Waals surface area contributed by atoms with Gasteiger partial charge < -0.3 is 19.4 Å². The molecule has 1 aromatic carbocycles. The third-order valence-corrected chi connectivity index (χ3v) is 5.93. The highest BCUT2D eigenvalue weighted by molar-refractivity contribution is 5.95. The van der Waals surface area contributed by atoms with Crippen LogP contribution in [0.5, 0.6) is 5.75 Å². The first kappa shape index (κ1) is 19.6. The third-order valence-electron chi connectivity index (χ3n) is 5.93. The lowest BCUT2D eigenvalue weighted by Crippen LogP contribution is -2.48. The summed E-state index contributed by atoms with van der Waals surface area (Å²) in [6.45, 7) is 5.19. The molecule has 4 rings (SSSR count). The number of nitrogens with zero attached hydrogens (tertiary/aromatic N) is 4. The van der Waals surface area contributed by atoms with E-state index in [1.807, 2.05) is 29.2 Å². The van der Waals surface area contributed by atoms with Gasteiger partial charge >= 0.3 is 0 Å². The molecule has 2 aliphatic rings. The number of ether oxygens (including phenoxy) is 1. The molecular formula is C23H30N4O2. The molecule has 154 valence electrons. The average molecular weight is 395 g/mol. The lowest BCUT2D eigenvalue weighted by molar-refractivity contribution is 0.0746. The van der Waals surface area contributed by atoms with Gasteiger partial charge in [0, 0.05) is 56.7 Å². The zero-order valence-electron chi connectivity index (χ0n) is 17.2. The van der Waals surface area contributed by atoms with E-state index in [1.165, 1.54) is 31.4 Å². The molecule has 29 heavy (non-hydrogen) atoms. The summed E-state index contributed by atoms with van der Waals surface area (Å²) in [6.07, 6.45) is 6.75. The van der Waals surface area contributed by atoms with E-state index in [2.05, 4.69) is 26.9 Å². The van der Waals surface area contributed by atoms with Gasteiger partial charge in [0.2, 0.25) is 0 Å². The molecule has 0 saturated carbocycles. The van der Waals surface area contributed by atoms with Crippen LogP contribution in [0.1, 0.15) is 36.0 Å². The minimum absolute atomic E-state index is 0.109. The lowest BCUT2D eigenvalue weighted by Gasteiger charge is -2.36. The first-order chi connectivity index (χ1) is 14.2. The molecule has 0 atom stereocenters. The first-order valence-electron chi connectivity index (χ1n) is 10.6. The average Bonchev–Trinajstić information content (AvgIpc) is 3.09. The van der Waals surface area contributed by atoms with Crippen molar-refractivity contribution < 1.29 is 9.53 Å². The number of carbonyl (C=O) groups excluding carboxylic acids is 1. The molecule has 6 heteroatoms. The maximum absolute atomic E-state index is 13.1. The topological polar surface area (TPSA) is 48.9 Å². The van der Waals surface area contributed by atoms with Gasteiger partial charge in [0.15, 0.2) is 0 Å². The van der Waals surface area contributed by atoms with E-state index in [0.717, 1.165) is 56.4 Å². The van der Waals surface area contributed by atoms with Gasteiger partial charge in [-0.25, -0.2) is 4.98 Å². The predicted octanol–water partition coefficient (Wildman–Crippen LogP) is 3.43. The summed E-state index contributed by atoms with van der Waals surface area (Å²) in [6, 6.07) is 11.9. The first-order valence-corrected chi connectivity index (χ1v) is 10.6. The Morgan fingerprint density at radius 2 is 1.55 bits per heavy atom. The smallest absolute Gasteiger partial charge is 0.254 e. The summed E-state index contributed by atoms with van der Waals surface area (Å²) in [5, 5.41) is 0. The zero-order valence-corrected chi connectivity index (χ0v) is 17.2. The lowest BCUT2D eigenvalue weighted by atomic mass is 10.2. The van der Waals surface area contributed by atoms with E-state index in [9.17, 15) is 4.79 Å². The number of carbonyl (C=O) groups is 1. The van der Waals surface area contributed by atoms with Crippen LogP contribution < -0.4 is 14.5 Å². The van der Waals surface area contributed by atoms with Crippen molar-refractivity contribution in [2.75, 3.05) is 56.2 Å². The molecule has 2 aromatic rings. The van der Waals surface area contributed by atoms with Crippen LogP contribution in [0.3, 0.4) is 0 Å². The second kappa shape index (κ2) is 9.16. The minimum atomic E-state index is 0.109. The fraction of sp³-hybridized carbons (Fsp3) is 0.478. The minimum Gasteiger partial charge on any atom is -0.497 e. The largest absolute Gasteiger partial charge is 0.497 e. The molecule has 2 fully saturated rings. The van der Waals surface area contributed by atoms with E-state index in [-0.39, 0.29) is 5.91 Å². The van der Waals surface area contributed by atoms with Crippen LogP contribution in [-0.2, 0) is 0 Å². The van der Waals surface area contributed by atoms with Gasteiger partial charge in [-0.1, -0.05) is 12.8 Å². The van der Waals surface area contributed by atoms with Crippen LogP contribution in [0.4, 0.5) is 11.5 Å². The Balaban J connectivity index is 1.38. The van der Waals surface area contributed by atoms with Crippen molar-refractivity contribution in [2.45, 2.75) is 25.7 Å². The highest BCUT2D eigenvalue weighted by Gasteiger charge is 2.23. The summed E-state index contributed by atoms with van der Waals surface area (Å²) in [7, 11) is 1.68. The molecule has 1 amide bonds. The molecule has 0 N–H and O–H groups in total. The summed E-state index contributed by atoms with van der Waals surface area (Å²) < 4.78 is 5.23. The number of anilines is 2. The second-order valence-electron chi connectivity index (χ2n) is 7.78. The molecule has 2 saturated heterocycles. The van der Waals surface area contributed by atoms with Crippen LogP contribution in [-0.4, -0.2) is 62.2 Å². The van der Waals surface area contributed by atoms with Gasteiger partial charge in [-0.2, -0.15) is 0 Å². The number of hydrogen-bond donors (Lipinski definition) is 0. The predicted molar refractivity (Wildman–Crippen MR) is 116 cm³/mol. The molecule has 1 aromatic heterocycles. The number of pyridine rings is 1. The van der Waals surface area contributed by atoms with Crippen molar-refractivity contribution >= 4 is 17.4 Å². The van der Waals surface area contributed by atoms with E-state index < -0.39 is 0 Å². The van der Waals surface area contributed by atoms with Crippen LogP contribution in [0, 0.1) is 0 Å². The fourth-order valence-electron chi connectivity index (χ4n) is 4.17. The van der Waals surface area contributed by atoms with Gasteiger partial charge in [-0.15, -0.1) is 0 Å². The number of rotatable bonds is 4. The van der Waals surface area contributed by atoms with Gasteiger partial charge in [0.25, 0.3) is 5.91 Å². The standard InChI is InChI=1S/C23H30N4O2/c1-29-21-8-6-20(7-9-21)25-14-16-27(17-15-25)23(28)19-10-11-24-22(18-19)26-12-4-2-3-5-13-26/h6-11,18H,2-5,12-17H2,1H3. The molecule has 0 spiro atoms. The van der Waals surface area contributed by atoms with Gasteiger partial charge in [-0.05, 0) is 49.2 Å². The maximum Gasteiger partial charge on any atom is 0.254 e. The maximum atomic E-state index is 13.1. The van der Waals surface area contributed by atoms with Gasteiger partial charge in [0.1, 0.15) is 11.6 Å².